The van der Waals surface area contributed by atoms with Crippen molar-refractivity contribution in [2.45, 2.75) is 37.6 Å². The average Bonchev–Trinajstić information content (AvgIpc) is 3.23. The average molecular weight is 568 g/mol. The maximum absolute atomic E-state index is 12.8. The Kier molecular flexibility index (Phi) is 10.5. The molecule has 0 unspecified atom stereocenters. The molecule has 0 saturated heterocycles. The normalized spacial score (nSPS) is 17.9. The van der Waals surface area contributed by atoms with Crippen LogP contribution < -0.4 is 15.8 Å². The Hall–Kier alpha value is -1.60. The third kappa shape index (κ3) is 6.47. The van der Waals surface area contributed by atoms with Gasteiger partial charge in [0, 0.05) is 23.1 Å². The van der Waals surface area contributed by atoms with Gasteiger partial charge in [-0.1, -0.05) is 17.4 Å². The van der Waals surface area contributed by atoms with Crippen molar-refractivity contribution in [3.63, 3.8) is 0 Å². The number of hydrogen-bond donors (Lipinski definition) is 3. The molecule has 32 heavy (non-hydrogen) atoms. The van der Waals surface area contributed by atoms with Crippen LogP contribution in [-0.2, 0) is 17.0 Å². The summed E-state index contributed by atoms with van der Waals surface area (Å²) in [5, 5.41) is 17.7. The van der Waals surface area contributed by atoms with Crippen molar-refractivity contribution in [2.24, 2.45) is 5.73 Å². The van der Waals surface area contributed by atoms with Crippen LogP contribution in [0.5, 0.6) is 11.5 Å². The lowest BCUT2D eigenvalue weighted by atomic mass is 10.1. The van der Waals surface area contributed by atoms with E-state index in [-0.39, 0.29) is 42.9 Å². The fraction of sp³-hybridized carbons (Fsp3) is 0.474. The smallest absolute Gasteiger partial charge is 0.339 e. The number of hydrogen-bond acceptors (Lipinski definition) is 10. The number of aromatic nitrogens is 2. The summed E-state index contributed by atoms with van der Waals surface area (Å²) in [5.41, 5.74) is 6.30. The number of nitrogens with one attached hydrogen (secondary N) is 1. The number of halogens is 2. The zero-order valence-corrected chi connectivity index (χ0v) is 21.3. The van der Waals surface area contributed by atoms with Crippen LogP contribution in [0.1, 0.15) is 52.9 Å². The fourth-order valence-corrected chi connectivity index (χ4v) is 5.04. The number of carbonyl (C=O) groups is 1. The first-order valence-electron chi connectivity index (χ1n) is 9.59. The highest BCUT2D eigenvalue weighted by atomic mass is 79.9. The van der Waals surface area contributed by atoms with Crippen LogP contribution in [0.2, 0.25) is 0 Å². The molecule has 0 saturated carbocycles. The molecule has 9 nitrogen and oxygen atoms in total. The molecule has 4 N–H and O–H groups in total. The van der Waals surface area contributed by atoms with E-state index < -0.39 is 5.97 Å². The van der Waals surface area contributed by atoms with E-state index in [4.69, 9.17) is 31.9 Å². The standard InChI is InChI=1S/C19H23BrN4O5S2.ClH/c1-27-13-6-12(25)10-8-31-9-11(18-23-14(7-21)24-29-18)22-15(30)4-2-3-5-28-19(26)16(10)17(13)20;/h6,11,25H,2-5,7-9,21H2,1H3,(H,22,30);1H/t11-;/m0./s1. The van der Waals surface area contributed by atoms with Crippen molar-refractivity contribution in [3.05, 3.63) is 33.4 Å². The summed E-state index contributed by atoms with van der Waals surface area (Å²) in [6, 6.07) is 1.14. The van der Waals surface area contributed by atoms with Crippen LogP contribution in [-0.4, -0.2) is 45.7 Å². The topological polar surface area (TPSA) is 133 Å². The van der Waals surface area contributed by atoms with Gasteiger partial charge in [-0.15, -0.1) is 12.4 Å². The highest BCUT2D eigenvalue weighted by molar-refractivity contribution is 9.10. The molecule has 176 valence electrons. The van der Waals surface area contributed by atoms with Gasteiger partial charge in [-0.2, -0.15) is 16.7 Å². The number of phenols is 1. The van der Waals surface area contributed by atoms with Crippen LogP contribution in [0.25, 0.3) is 0 Å². The summed E-state index contributed by atoms with van der Waals surface area (Å²) in [7, 11) is 1.47. The van der Waals surface area contributed by atoms with Crippen LogP contribution >= 0.6 is 52.3 Å². The van der Waals surface area contributed by atoms with E-state index >= 15 is 0 Å². The molecular weight excluding hydrogens is 544 g/mol. The molecule has 1 aromatic carbocycles. The van der Waals surface area contributed by atoms with Crippen molar-refractivity contribution >= 4 is 63.3 Å². The summed E-state index contributed by atoms with van der Waals surface area (Å²) < 4.78 is 16.5. The number of phenolic OH excluding ortho intramolecular Hbond substituents is 1. The number of nitrogens with two attached hydrogens (primary N) is 1. The van der Waals surface area contributed by atoms with Gasteiger partial charge in [-0.3, -0.25) is 0 Å². The maximum atomic E-state index is 12.8. The molecule has 1 atom stereocenters. The number of fused-ring (bicyclic) bond motifs is 1. The molecule has 0 amide bonds. The zero-order chi connectivity index (χ0) is 22.4. The SMILES string of the molecule is COc1cc(O)c2c(c1Br)C(=O)OCCCCC(=S)N[C@H](c1nc(CN)no1)CSC2.Cl. The Morgan fingerprint density at radius 2 is 2.25 bits per heavy atom. The fourth-order valence-electron chi connectivity index (χ4n) is 3.00. The molecule has 2 heterocycles. The van der Waals surface area contributed by atoms with Gasteiger partial charge in [0.05, 0.1) is 35.3 Å². The summed E-state index contributed by atoms with van der Waals surface area (Å²) in [6.45, 7) is 0.415. The summed E-state index contributed by atoms with van der Waals surface area (Å²) >= 11 is 10.3. The lowest BCUT2D eigenvalue weighted by Gasteiger charge is -2.19. The predicted molar refractivity (Wildman–Crippen MR) is 131 cm³/mol. The molecule has 0 bridgehead atoms. The van der Waals surface area contributed by atoms with E-state index in [1.54, 1.807) is 0 Å². The second kappa shape index (κ2) is 12.6. The Morgan fingerprint density at radius 3 is 2.94 bits per heavy atom. The molecule has 3 rings (SSSR count). The van der Waals surface area contributed by atoms with Crippen molar-refractivity contribution in [1.82, 2.24) is 15.5 Å². The van der Waals surface area contributed by atoms with E-state index in [1.165, 1.54) is 24.9 Å². The zero-order valence-electron chi connectivity index (χ0n) is 17.3. The lowest BCUT2D eigenvalue weighted by Crippen LogP contribution is -2.29. The molecule has 0 radical (unpaired) electrons. The number of esters is 1. The van der Waals surface area contributed by atoms with E-state index in [9.17, 15) is 9.90 Å². The maximum Gasteiger partial charge on any atom is 0.339 e. The molecule has 13 heteroatoms. The first-order valence-corrected chi connectivity index (χ1v) is 11.9. The summed E-state index contributed by atoms with van der Waals surface area (Å²) in [4.78, 5) is 17.8. The second-order valence-corrected chi connectivity index (χ2v) is 9.06. The van der Waals surface area contributed by atoms with Crippen LogP contribution in [0.15, 0.2) is 15.1 Å². The van der Waals surface area contributed by atoms with Crippen LogP contribution in [0.4, 0.5) is 0 Å². The van der Waals surface area contributed by atoms with Crippen molar-refractivity contribution < 1.29 is 23.9 Å². The summed E-state index contributed by atoms with van der Waals surface area (Å²) in [6.07, 6.45) is 2.03. The van der Waals surface area contributed by atoms with Gasteiger partial charge in [0.2, 0.25) is 5.89 Å². The minimum atomic E-state index is -0.518. The third-order valence-electron chi connectivity index (χ3n) is 4.60. The molecule has 2 aromatic rings. The van der Waals surface area contributed by atoms with E-state index in [0.717, 1.165) is 6.42 Å². The van der Waals surface area contributed by atoms with Crippen LogP contribution in [0.3, 0.4) is 0 Å². The lowest BCUT2D eigenvalue weighted by molar-refractivity contribution is 0.0496. The third-order valence-corrected chi connectivity index (χ3v) is 6.77. The Balaban J connectivity index is 0.00000363. The van der Waals surface area contributed by atoms with Gasteiger partial charge in [-0.05, 0) is 35.2 Å². The van der Waals surface area contributed by atoms with E-state index in [0.29, 0.717) is 56.8 Å². The van der Waals surface area contributed by atoms with Gasteiger partial charge in [-0.25, -0.2) is 4.79 Å². The van der Waals surface area contributed by atoms with E-state index in [1.807, 2.05) is 0 Å². The molecular formula is C19H24BrClN4O5S2. The van der Waals surface area contributed by atoms with Crippen molar-refractivity contribution in [1.29, 1.82) is 0 Å². The number of thiocarbonyl (C=S) groups is 1. The Bertz CT molecular complexity index is 962. The van der Waals surface area contributed by atoms with Gasteiger partial charge < -0.3 is 30.2 Å². The first-order chi connectivity index (χ1) is 14.9. The molecule has 1 aliphatic rings. The molecule has 0 fully saturated rings. The molecule has 0 aliphatic carbocycles. The minimum absolute atomic E-state index is 0. The van der Waals surface area contributed by atoms with Gasteiger partial charge >= 0.3 is 5.97 Å². The number of methoxy groups -OCH3 is 1. The van der Waals surface area contributed by atoms with Crippen LogP contribution in [0, 0.1) is 0 Å². The number of thioether (sulfide) groups is 1. The van der Waals surface area contributed by atoms with Crippen molar-refractivity contribution in [2.75, 3.05) is 19.5 Å². The second-order valence-electron chi connectivity index (χ2n) is 6.75. The largest absolute Gasteiger partial charge is 0.507 e. The number of benzene rings is 1. The highest BCUT2D eigenvalue weighted by Gasteiger charge is 2.26. The molecule has 0 spiro atoms. The quantitative estimate of drug-likeness (QED) is 0.371. The number of aromatic hydroxyl groups is 1. The number of cyclic esters (lactones) is 1. The number of carbonyl (C=O) groups excluding carboxylic acids is 1. The minimum Gasteiger partial charge on any atom is -0.507 e. The first kappa shape index (κ1) is 26.7. The number of ether oxygens (including phenoxy) is 2. The van der Waals surface area contributed by atoms with E-state index in [2.05, 4.69) is 31.4 Å². The Morgan fingerprint density at radius 1 is 1.47 bits per heavy atom. The Labute approximate surface area is 209 Å². The number of nitrogens with zero attached hydrogens (tertiary/aromatic N) is 2. The molecule has 1 aliphatic heterocycles. The monoisotopic (exact) mass is 566 g/mol. The van der Waals surface area contributed by atoms with Gasteiger partial charge in [0.1, 0.15) is 17.5 Å². The van der Waals surface area contributed by atoms with Gasteiger partial charge in [0.15, 0.2) is 5.82 Å². The van der Waals surface area contributed by atoms with Gasteiger partial charge in [0.25, 0.3) is 0 Å². The van der Waals surface area contributed by atoms with Crippen molar-refractivity contribution in [3.8, 4) is 11.5 Å². The molecule has 1 aromatic heterocycles. The number of rotatable bonds is 3. The highest BCUT2D eigenvalue weighted by Crippen LogP contribution is 2.39. The summed E-state index contributed by atoms with van der Waals surface area (Å²) in [5.74, 6) is 1.43. The predicted octanol–water partition coefficient (Wildman–Crippen LogP) is 3.66.